The van der Waals surface area contributed by atoms with E-state index < -0.39 is 17.9 Å². The molecule has 1 aliphatic carbocycles. The van der Waals surface area contributed by atoms with Gasteiger partial charge in [-0.2, -0.15) is 13.2 Å². The molecular weight excluding hydrogens is 221 g/mol. The number of rotatable bonds is 0. The van der Waals surface area contributed by atoms with Gasteiger partial charge in [-0.3, -0.25) is 0 Å². The van der Waals surface area contributed by atoms with Crippen LogP contribution in [0.1, 0.15) is 35.8 Å². The van der Waals surface area contributed by atoms with Crippen molar-refractivity contribution in [2.75, 3.05) is 5.73 Å². The Morgan fingerprint density at radius 3 is 2.56 bits per heavy atom. The molecule has 16 heavy (non-hydrogen) atoms. The second-order valence-corrected chi connectivity index (χ2v) is 3.79. The first-order chi connectivity index (χ1) is 7.39. The van der Waals surface area contributed by atoms with Crippen molar-refractivity contribution >= 4 is 5.95 Å². The number of anilines is 1. The van der Waals surface area contributed by atoms with E-state index in [0.717, 1.165) is 6.42 Å². The monoisotopic (exact) mass is 232 g/mol. The lowest BCUT2D eigenvalue weighted by Crippen LogP contribution is -2.26. The van der Waals surface area contributed by atoms with Gasteiger partial charge in [0.15, 0.2) is 5.69 Å². The van der Waals surface area contributed by atoms with Gasteiger partial charge in [0, 0.05) is 11.6 Å². The average molecular weight is 232 g/mol. The number of fused-ring (bicyclic) bond motifs is 1. The van der Waals surface area contributed by atoms with E-state index in [9.17, 15) is 13.2 Å². The van der Waals surface area contributed by atoms with Gasteiger partial charge in [-0.25, -0.2) is 9.97 Å². The van der Waals surface area contributed by atoms with Gasteiger partial charge in [0.05, 0.1) is 5.69 Å². The van der Waals surface area contributed by atoms with Crippen LogP contribution < -0.4 is 11.5 Å². The highest BCUT2D eigenvalue weighted by atomic mass is 19.4. The smallest absolute Gasteiger partial charge is 0.368 e. The first kappa shape index (κ1) is 11.1. The molecule has 7 heteroatoms. The Hall–Kier alpha value is -1.37. The van der Waals surface area contributed by atoms with Crippen LogP contribution in [0.25, 0.3) is 0 Å². The van der Waals surface area contributed by atoms with E-state index >= 15 is 0 Å². The number of nitrogens with two attached hydrogens (primary N) is 2. The van der Waals surface area contributed by atoms with Crippen molar-refractivity contribution < 1.29 is 13.2 Å². The summed E-state index contributed by atoms with van der Waals surface area (Å²) in [4.78, 5) is 7.09. The van der Waals surface area contributed by atoms with E-state index in [2.05, 4.69) is 9.97 Å². The van der Waals surface area contributed by atoms with Crippen LogP contribution in [0.4, 0.5) is 19.1 Å². The third-order valence-corrected chi connectivity index (χ3v) is 2.61. The Bertz CT molecular complexity index is 416. The van der Waals surface area contributed by atoms with Crippen LogP contribution in [-0.2, 0) is 12.6 Å². The Morgan fingerprint density at radius 2 is 1.94 bits per heavy atom. The number of hydrogen-bond donors (Lipinski definition) is 2. The highest BCUT2D eigenvalue weighted by molar-refractivity contribution is 5.37. The van der Waals surface area contributed by atoms with Crippen molar-refractivity contribution in [1.82, 2.24) is 9.97 Å². The summed E-state index contributed by atoms with van der Waals surface area (Å²) in [5, 5.41) is 0. The van der Waals surface area contributed by atoms with Crippen molar-refractivity contribution in [2.24, 2.45) is 5.73 Å². The molecule has 1 aliphatic rings. The van der Waals surface area contributed by atoms with Gasteiger partial charge in [-0.15, -0.1) is 0 Å². The number of aryl methyl sites for hydroxylation is 1. The standard InChI is InChI=1S/C9H11F3N4/c10-9(11,12)7-6-4(13)2-1-3-5(6)15-8(14)16-7/h4H,1-3,13H2,(H2,14,15,16). The number of hydrogen-bond acceptors (Lipinski definition) is 4. The molecule has 1 atom stereocenters. The van der Waals surface area contributed by atoms with E-state index in [1.54, 1.807) is 0 Å². The quantitative estimate of drug-likeness (QED) is 0.709. The number of halogens is 3. The molecule has 0 aliphatic heterocycles. The van der Waals surface area contributed by atoms with Gasteiger partial charge in [0.2, 0.25) is 5.95 Å². The maximum Gasteiger partial charge on any atom is 0.433 e. The molecule has 1 heterocycles. The Morgan fingerprint density at radius 1 is 1.25 bits per heavy atom. The molecule has 0 saturated heterocycles. The number of alkyl halides is 3. The molecular formula is C9H11F3N4. The molecule has 1 unspecified atom stereocenters. The van der Waals surface area contributed by atoms with Crippen LogP contribution in [-0.4, -0.2) is 9.97 Å². The van der Waals surface area contributed by atoms with E-state index in [1.807, 2.05) is 0 Å². The fourth-order valence-corrected chi connectivity index (χ4v) is 1.96. The van der Waals surface area contributed by atoms with E-state index in [0.29, 0.717) is 18.5 Å². The molecule has 0 amide bonds. The lowest BCUT2D eigenvalue weighted by molar-refractivity contribution is -0.142. The molecule has 0 radical (unpaired) electrons. The molecule has 4 N–H and O–H groups in total. The molecule has 4 nitrogen and oxygen atoms in total. The molecule has 0 saturated carbocycles. The molecule has 2 rings (SSSR count). The van der Waals surface area contributed by atoms with E-state index in [4.69, 9.17) is 11.5 Å². The fourth-order valence-electron chi connectivity index (χ4n) is 1.96. The minimum Gasteiger partial charge on any atom is -0.368 e. The zero-order valence-corrected chi connectivity index (χ0v) is 8.38. The summed E-state index contributed by atoms with van der Waals surface area (Å²) in [6.07, 6.45) is -2.82. The molecule has 0 fully saturated rings. The van der Waals surface area contributed by atoms with Gasteiger partial charge >= 0.3 is 6.18 Å². The predicted molar refractivity (Wildman–Crippen MR) is 51.3 cm³/mol. The average Bonchev–Trinajstić information content (AvgIpc) is 2.15. The zero-order chi connectivity index (χ0) is 11.9. The summed E-state index contributed by atoms with van der Waals surface area (Å²) in [7, 11) is 0. The molecule has 0 spiro atoms. The second kappa shape index (κ2) is 3.58. The van der Waals surface area contributed by atoms with Gasteiger partial charge in [0.25, 0.3) is 0 Å². The van der Waals surface area contributed by atoms with Crippen LogP contribution in [0, 0.1) is 0 Å². The molecule has 0 aromatic carbocycles. The van der Waals surface area contributed by atoms with Crippen LogP contribution in [0.5, 0.6) is 0 Å². The Balaban J connectivity index is 2.64. The Labute approximate surface area is 89.9 Å². The zero-order valence-electron chi connectivity index (χ0n) is 8.38. The normalized spacial score (nSPS) is 20.6. The summed E-state index contributed by atoms with van der Waals surface area (Å²) >= 11 is 0. The molecule has 88 valence electrons. The van der Waals surface area contributed by atoms with Crippen molar-refractivity contribution in [3.05, 3.63) is 17.0 Å². The van der Waals surface area contributed by atoms with Crippen molar-refractivity contribution in [3.63, 3.8) is 0 Å². The SMILES string of the molecule is Nc1nc2c(c(C(F)(F)F)n1)C(N)CCC2. The fraction of sp³-hybridized carbons (Fsp3) is 0.556. The third-order valence-electron chi connectivity index (χ3n) is 2.61. The van der Waals surface area contributed by atoms with Gasteiger partial charge in [-0.1, -0.05) is 0 Å². The van der Waals surface area contributed by atoms with Crippen LogP contribution >= 0.6 is 0 Å². The lowest BCUT2D eigenvalue weighted by Gasteiger charge is -2.24. The lowest BCUT2D eigenvalue weighted by atomic mass is 9.90. The largest absolute Gasteiger partial charge is 0.433 e. The number of nitrogen functional groups attached to an aromatic ring is 1. The van der Waals surface area contributed by atoms with E-state index in [1.165, 1.54) is 0 Å². The topological polar surface area (TPSA) is 77.8 Å². The Kier molecular flexibility index (Phi) is 2.49. The maximum atomic E-state index is 12.7. The number of aromatic nitrogens is 2. The van der Waals surface area contributed by atoms with Crippen molar-refractivity contribution in [2.45, 2.75) is 31.5 Å². The second-order valence-electron chi connectivity index (χ2n) is 3.79. The first-order valence-electron chi connectivity index (χ1n) is 4.88. The predicted octanol–water partition coefficient (Wildman–Crippen LogP) is 1.41. The van der Waals surface area contributed by atoms with Gasteiger partial charge in [-0.05, 0) is 19.3 Å². The third kappa shape index (κ3) is 1.82. The van der Waals surface area contributed by atoms with E-state index in [-0.39, 0.29) is 11.5 Å². The number of nitrogens with zero attached hydrogens (tertiary/aromatic N) is 2. The van der Waals surface area contributed by atoms with Crippen molar-refractivity contribution in [1.29, 1.82) is 0 Å². The highest BCUT2D eigenvalue weighted by Gasteiger charge is 2.39. The van der Waals surface area contributed by atoms with Crippen molar-refractivity contribution in [3.8, 4) is 0 Å². The van der Waals surface area contributed by atoms with Crippen LogP contribution in [0.2, 0.25) is 0 Å². The molecule has 1 aromatic heterocycles. The van der Waals surface area contributed by atoms with Gasteiger partial charge < -0.3 is 11.5 Å². The summed E-state index contributed by atoms with van der Waals surface area (Å²) in [5.74, 6) is -0.347. The minimum atomic E-state index is -4.53. The molecule has 1 aromatic rings. The van der Waals surface area contributed by atoms with Gasteiger partial charge in [0.1, 0.15) is 0 Å². The summed E-state index contributed by atoms with van der Waals surface area (Å²) in [5.41, 5.74) is 10.3. The summed E-state index contributed by atoms with van der Waals surface area (Å²) in [6, 6.07) is -0.652. The summed E-state index contributed by atoms with van der Waals surface area (Å²) in [6.45, 7) is 0. The minimum absolute atomic E-state index is 0.00736. The first-order valence-corrected chi connectivity index (χ1v) is 4.88. The maximum absolute atomic E-state index is 12.7. The van der Waals surface area contributed by atoms with Crippen LogP contribution in [0.3, 0.4) is 0 Å². The molecule has 0 bridgehead atoms. The van der Waals surface area contributed by atoms with Crippen LogP contribution in [0.15, 0.2) is 0 Å². The summed E-state index contributed by atoms with van der Waals surface area (Å²) < 4.78 is 38.2. The highest BCUT2D eigenvalue weighted by Crippen LogP contribution is 2.37.